The lowest BCUT2D eigenvalue weighted by Gasteiger charge is -2.10. The van der Waals surface area contributed by atoms with Crippen molar-refractivity contribution in [3.8, 4) is 16.9 Å². The zero-order chi connectivity index (χ0) is 15.8. The highest BCUT2D eigenvalue weighted by molar-refractivity contribution is 6.32. The van der Waals surface area contributed by atoms with Crippen LogP contribution in [-0.4, -0.2) is 32.8 Å². The SMILES string of the molecule is COCCNC(=O)COc1ccc(-c2ccccc2)cc1Cl. The molecule has 2 aromatic rings. The predicted octanol–water partition coefficient (Wildman–Crippen LogP) is 3.15. The Kier molecular flexibility index (Phi) is 6.25. The predicted molar refractivity (Wildman–Crippen MR) is 87.3 cm³/mol. The maximum atomic E-state index is 11.6. The zero-order valence-corrected chi connectivity index (χ0v) is 13.1. The third-order valence-electron chi connectivity index (χ3n) is 3.03. The van der Waals surface area contributed by atoms with Crippen LogP contribution in [0.1, 0.15) is 0 Å². The van der Waals surface area contributed by atoms with Crippen molar-refractivity contribution < 1.29 is 14.3 Å². The summed E-state index contributed by atoms with van der Waals surface area (Å²) in [6.07, 6.45) is 0. The van der Waals surface area contributed by atoms with Crippen molar-refractivity contribution in [1.82, 2.24) is 5.32 Å². The van der Waals surface area contributed by atoms with Crippen molar-refractivity contribution in [1.29, 1.82) is 0 Å². The highest BCUT2D eigenvalue weighted by Crippen LogP contribution is 2.30. The van der Waals surface area contributed by atoms with Crippen LogP contribution in [0.15, 0.2) is 48.5 Å². The Balaban J connectivity index is 1.94. The van der Waals surface area contributed by atoms with E-state index in [1.165, 1.54) is 0 Å². The second-order valence-corrected chi connectivity index (χ2v) is 5.05. The Hall–Kier alpha value is -2.04. The van der Waals surface area contributed by atoms with E-state index in [4.69, 9.17) is 21.1 Å². The molecule has 0 heterocycles. The van der Waals surface area contributed by atoms with Crippen LogP contribution < -0.4 is 10.1 Å². The van der Waals surface area contributed by atoms with E-state index in [2.05, 4.69) is 5.32 Å². The van der Waals surface area contributed by atoms with E-state index in [1.807, 2.05) is 42.5 Å². The molecule has 0 aliphatic heterocycles. The van der Waals surface area contributed by atoms with Crippen molar-refractivity contribution in [3.63, 3.8) is 0 Å². The number of methoxy groups -OCH3 is 1. The van der Waals surface area contributed by atoms with Gasteiger partial charge in [0.2, 0.25) is 0 Å². The molecular weight excluding hydrogens is 302 g/mol. The Morgan fingerprint density at radius 2 is 1.91 bits per heavy atom. The van der Waals surface area contributed by atoms with Gasteiger partial charge in [-0.2, -0.15) is 0 Å². The zero-order valence-electron chi connectivity index (χ0n) is 12.3. The molecule has 0 spiro atoms. The van der Waals surface area contributed by atoms with Crippen molar-refractivity contribution in [3.05, 3.63) is 53.6 Å². The summed E-state index contributed by atoms with van der Waals surface area (Å²) in [6, 6.07) is 15.4. The molecule has 0 aliphatic rings. The van der Waals surface area contributed by atoms with Gasteiger partial charge >= 0.3 is 0 Å². The van der Waals surface area contributed by atoms with Crippen LogP contribution in [0, 0.1) is 0 Å². The van der Waals surface area contributed by atoms with Gasteiger partial charge in [0.05, 0.1) is 11.6 Å². The third kappa shape index (κ3) is 4.76. The Bertz CT molecular complexity index is 617. The molecule has 0 unspecified atom stereocenters. The number of carbonyl (C=O) groups excluding carboxylic acids is 1. The van der Waals surface area contributed by atoms with Crippen molar-refractivity contribution in [2.24, 2.45) is 0 Å². The summed E-state index contributed by atoms with van der Waals surface area (Å²) in [5.74, 6) is 0.281. The normalized spacial score (nSPS) is 10.3. The molecular formula is C17H18ClNO3. The van der Waals surface area contributed by atoms with Gasteiger partial charge in [-0.3, -0.25) is 4.79 Å². The van der Waals surface area contributed by atoms with Gasteiger partial charge in [0.15, 0.2) is 6.61 Å². The molecule has 0 fully saturated rings. The molecule has 0 atom stereocenters. The summed E-state index contributed by atoms with van der Waals surface area (Å²) in [6.45, 7) is 0.853. The smallest absolute Gasteiger partial charge is 0.258 e. The second kappa shape index (κ2) is 8.41. The van der Waals surface area contributed by atoms with E-state index in [9.17, 15) is 4.79 Å². The number of hydrogen-bond donors (Lipinski definition) is 1. The quantitative estimate of drug-likeness (QED) is 0.798. The topological polar surface area (TPSA) is 47.6 Å². The van der Waals surface area contributed by atoms with Crippen LogP contribution in [0.25, 0.3) is 11.1 Å². The molecule has 0 bridgehead atoms. The summed E-state index contributed by atoms with van der Waals surface area (Å²) in [5.41, 5.74) is 2.08. The van der Waals surface area contributed by atoms with E-state index in [0.29, 0.717) is 23.9 Å². The average molecular weight is 320 g/mol. The molecule has 1 N–H and O–H groups in total. The van der Waals surface area contributed by atoms with Crippen molar-refractivity contribution in [2.75, 3.05) is 26.9 Å². The van der Waals surface area contributed by atoms with Gasteiger partial charge < -0.3 is 14.8 Å². The highest BCUT2D eigenvalue weighted by atomic mass is 35.5. The lowest BCUT2D eigenvalue weighted by Crippen LogP contribution is -2.31. The van der Waals surface area contributed by atoms with Gasteiger partial charge in [0.1, 0.15) is 5.75 Å². The van der Waals surface area contributed by atoms with Crippen LogP contribution in [-0.2, 0) is 9.53 Å². The molecule has 0 radical (unpaired) electrons. The summed E-state index contributed by atoms with van der Waals surface area (Å²) >= 11 is 6.21. The number of ether oxygens (including phenoxy) is 2. The molecule has 0 aliphatic carbocycles. The minimum Gasteiger partial charge on any atom is -0.482 e. The molecule has 1 amide bonds. The lowest BCUT2D eigenvalue weighted by molar-refractivity contribution is -0.123. The number of carbonyl (C=O) groups is 1. The average Bonchev–Trinajstić information content (AvgIpc) is 2.55. The first-order chi connectivity index (χ1) is 10.7. The van der Waals surface area contributed by atoms with Gasteiger partial charge in [0, 0.05) is 13.7 Å². The van der Waals surface area contributed by atoms with Crippen LogP contribution >= 0.6 is 11.6 Å². The van der Waals surface area contributed by atoms with Crippen LogP contribution in [0.3, 0.4) is 0 Å². The minimum atomic E-state index is -0.208. The third-order valence-corrected chi connectivity index (χ3v) is 3.32. The van der Waals surface area contributed by atoms with E-state index in [-0.39, 0.29) is 12.5 Å². The number of rotatable bonds is 7. The maximum absolute atomic E-state index is 11.6. The Labute approximate surface area is 135 Å². The van der Waals surface area contributed by atoms with Gasteiger partial charge in [-0.05, 0) is 23.3 Å². The van der Waals surface area contributed by atoms with Crippen LogP contribution in [0.2, 0.25) is 5.02 Å². The number of benzene rings is 2. The first-order valence-corrected chi connectivity index (χ1v) is 7.32. The van der Waals surface area contributed by atoms with E-state index in [0.717, 1.165) is 11.1 Å². The molecule has 2 rings (SSSR count). The van der Waals surface area contributed by atoms with Gasteiger partial charge in [-0.25, -0.2) is 0 Å². The standard InChI is InChI=1S/C17H18ClNO3/c1-21-10-9-19-17(20)12-22-16-8-7-14(11-15(16)18)13-5-3-2-4-6-13/h2-8,11H,9-10,12H2,1H3,(H,19,20). The van der Waals surface area contributed by atoms with Crippen LogP contribution in [0.4, 0.5) is 0 Å². The van der Waals surface area contributed by atoms with E-state index >= 15 is 0 Å². The number of halogens is 1. The molecule has 116 valence electrons. The van der Waals surface area contributed by atoms with Crippen molar-refractivity contribution in [2.45, 2.75) is 0 Å². The largest absolute Gasteiger partial charge is 0.482 e. The van der Waals surface area contributed by atoms with Gasteiger partial charge in [-0.15, -0.1) is 0 Å². The van der Waals surface area contributed by atoms with Crippen molar-refractivity contribution >= 4 is 17.5 Å². The minimum absolute atomic E-state index is 0.0753. The molecule has 5 heteroatoms. The number of nitrogens with one attached hydrogen (secondary N) is 1. The number of hydrogen-bond acceptors (Lipinski definition) is 3. The Morgan fingerprint density at radius 3 is 2.59 bits per heavy atom. The van der Waals surface area contributed by atoms with Crippen LogP contribution in [0.5, 0.6) is 5.75 Å². The fraction of sp³-hybridized carbons (Fsp3) is 0.235. The highest BCUT2D eigenvalue weighted by Gasteiger charge is 2.07. The van der Waals surface area contributed by atoms with Gasteiger partial charge in [0.25, 0.3) is 5.91 Å². The first-order valence-electron chi connectivity index (χ1n) is 6.94. The molecule has 22 heavy (non-hydrogen) atoms. The fourth-order valence-electron chi connectivity index (χ4n) is 1.91. The molecule has 0 saturated heterocycles. The van der Waals surface area contributed by atoms with Gasteiger partial charge in [-0.1, -0.05) is 48.0 Å². The van der Waals surface area contributed by atoms with E-state index < -0.39 is 0 Å². The summed E-state index contributed by atoms with van der Waals surface area (Å²) in [4.78, 5) is 11.6. The second-order valence-electron chi connectivity index (χ2n) is 4.64. The lowest BCUT2D eigenvalue weighted by atomic mass is 10.1. The monoisotopic (exact) mass is 319 g/mol. The Morgan fingerprint density at radius 1 is 1.14 bits per heavy atom. The molecule has 2 aromatic carbocycles. The molecule has 4 nitrogen and oxygen atoms in total. The number of amides is 1. The summed E-state index contributed by atoms with van der Waals surface area (Å²) in [7, 11) is 1.58. The summed E-state index contributed by atoms with van der Waals surface area (Å²) in [5, 5.41) is 3.16. The van der Waals surface area contributed by atoms with E-state index in [1.54, 1.807) is 13.2 Å². The molecule has 0 saturated carbocycles. The fourth-order valence-corrected chi connectivity index (χ4v) is 2.15. The molecule has 0 aromatic heterocycles. The summed E-state index contributed by atoms with van der Waals surface area (Å²) < 4.78 is 10.3. The maximum Gasteiger partial charge on any atom is 0.258 e. The first kappa shape index (κ1) is 16.3.